The summed E-state index contributed by atoms with van der Waals surface area (Å²) in [5.74, 6) is 0.540. The van der Waals surface area contributed by atoms with Crippen molar-refractivity contribution in [2.75, 3.05) is 7.11 Å². The standard InChI is InChI=1S/C28H24O3/c1-30-28(29)24-16-14-21(15-17-24)10-7-13-26-25-12-6-5-11-23(25)18-19-27(26)31-20-22-8-3-2-4-9-22/h2-9,11-19H,10,20H2,1H3/b13-7+. The van der Waals surface area contributed by atoms with Gasteiger partial charge in [-0.15, -0.1) is 0 Å². The summed E-state index contributed by atoms with van der Waals surface area (Å²) in [7, 11) is 1.39. The number of hydrogen-bond donors (Lipinski definition) is 0. The van der Waals surface area contributed by atoms with Gasteiger partial charge in [-0.1, -0.05) is 84.9 Å². The minimum atomic E-state index is -0.321. The van der Waals surface area contributed by atoms with Crippen LogP contribution in [-0.2, 0) is 17.8 Å². The number of methoxy groups -OCH3 is 1. The summed E-state index contributed by atoms with van der Waals surface area (Å²) in [6.07, 6.45) is 5.00. The number of ether oxygens (including phenoxy) is 2. The van der Waals surface area contributed by atoms with Crippen LogP contribution in [0.2, 0.25) is 0 Å². The molecule has 0 aliphatic rings. The molecule has 0 saturated heterocycles. The van der Waals surface area contributed by atoms with Gasteiger partial charge in [0.25, 0.3) is 0 Å². The number of benzene rings is 4. The Labute approximate surface area is 182 Å². The van der Waals surface area contributed by atoms with Gasteiger partial charge in [-0.25, -0.2) is 4.79 Å². The quantitative estimate of drug-likeness (QED) is 0.329. The fourth-order valence-electron chi connectivity index (χ4n) is 3.52. The molecule has 0 N–H and O–H groups in total. The summed E-state index contributed by atoms with van der Waals surface area (Å²) in [6.45, 7) is 0.523. The molecule has 0 amide bonds. The predicted octanol–water partition coefficient (Wildman–Crippen LogP) is 6.46. The topological polar surface area (TPSA) is 35.5 Å². The summed E-state index contributed by atoms with van der Waals surface area (Å²) < 4.78 is 10.9. The van der Waals surface area contributed by atoms with E-state index >= 15 is 0 Å². The highest BCUT2D eigenvalue weighted by atomic mass is 16.5. The molecule has 4 aromatic carbocycles. The van der Waals surface area contributed by atoms with Gasteiger partial charge < -0.3 is 9.47 Å². The molecule has 0 heterocycles. The highest BCUT2D eigenvalue weighted by Crippen LogP contribution is 2.30. The molecule has 0 aromatic heterocycles. The molecule has 0 unspecified atom stereocenters. The van der Waals surface area contributed by atoms with Crippen molar-refractivity contribution in [2.45, 2.75) is 13.0 Å². The molecule has 0 bridgehead atoms. The predicted molar refractivity (Wildman–Crippen MR) is 125 cm³/mol. The third kappa shape index (κ3) is 5.01. The maximum Gasteiger partial charge on any atom is 0.337 e. The van der Waals surface area contributed by atoms with E-state index in [0.717, 1.165) is 34.2 Å². The lowest BCUT2D eigenvalue weighted by atomic mass is 10.0. The number of hydrogen-bond acceptors (Lipinski definition) is 3. The summed E-state index contributed by atoms with van der Waals surface area (Å²) in [6, 6.07) is 30.1. The first-order chi connectivity index (χ1) is 15.2. The molecule has 3 heteroatoms. The third-order valence-corrected chi connectivity index (χ3v) is 5.18. The van der Waals surface area contributed by atoms with Crippen LogP contribution in [0.5, 0.6) is 5.75 Å². The van der Waals surface area contributed by atoms with Gasteiger partial charge in [0.15, 0.2) is 0 Å². The third-order valence-electron chi connectivity index (χ3n) is 5.18. The van der Waals surface area contributed by atoms with Gasteiger partial charge in [0, 0.05) is 5.56 Å². The van der Waals surface area contributed by atoms with Crippen LogP contribution in [0.15, 0.2) is 97.1 Å². The fourth-order valence-corrected chi connectivity index (χ4v) is 3.52. The maximum absolute atomic E-state index is 11.6. The molecule has 3 nitrogen and oxygen atoms in total. The van der Waals surface area contributed by atoms with Gasteiger partial charge in [0.05, 0.1) is 12.7 Å². The van der Waals surface area contributed by atoms with Crippen molar-refractivity contribution in [2.24, 2.45) is 0 Å². The first-order valence-electron chi connectivity index (χ1n) is 10.3. The number of rotatable bonds is 7. The Morgan fingerprint density at radius 1 is 0.806 bits per heavy atom. The molecular formula is C28H24O3. The lowest BCUT2D eigenvalue weighted by molar-refractivity contribution is 0.0600. The minimum Gasteiger partial charge on any atom is -0.488 e. The normalized spacial score (nSPS) is 11.0. The summed E-state index contributed by atoms with van der Waals surface area (Å²) in [4.78, 5) is 11.6. The van der Waals surface area contributed by atoms with Crippen molar-refractivity contribution < 1.29 is 14.3 Å². The molecule has 0 radical (unpaired) electrons. The Morgan fingerprint density at radius 2 is 1.55 bits per heavy atom. The monoisotopic (exact) mass is 408 g/mol. The van der Waals surface area contributed by atoms with Crippen molar-refractivity contribution in [1.29, 1.82) is 0 Å². The zero-order valence-corrected chi connectivity index (χ0v) is 17.5. The molecule has 0 aliphatic carbocycles. The van der Waals surface area contributed by atoms with E-state index in [1.807, 2.05) is 48.5 Å². The SMILES string of the molecule is COC(=O)c1ccc(C/C=C/c2c(OCc3ccccc3)ccc3ccccc23)cc1. The van der Waals surface area contributed by atoms with Crippen LogP contribution in [0.25, 0.3) is 16.8 Å². The van der Waals surface area contributed by atoms with Crippen LogP contribution in [0.1, 0.15) is 27.0 Å². The van der Waals surface area contributed by atoms with E-state index in [1.54, 1.807) is 12.1 Å². The van der Waals surface area contributed by atoms with Crippen LogP contribution in [0.3, 0.4) is 0 Å². The van der Waals surface area contributed by atoms with Crippen LogP contribution in [-0.4, -0.2) is 13.1 Å². The van der Waals surface area contributed by atoms with Gasteiger partial charge in [0.2, 0.25) is 0 Å². The van der Waals surface area contributed by atoms with Gasteiger partial charge in [-0.2, -0.15) is 0 Å². The highest BCUT2D eigenvalue weighted by Gasteiger charge is 2.07. The largest absolute Gasteiger partial charge is 0.488 e. The molecular weight excluding hydrogens is 384 g/mol. The number of allylic oxidation sites excluding steroid dienone is 1. The molecule has 0 fully saturated rings. The summed E-state index contributed by atoms with van der Waals surface area (Å²) in [5.41, 5.74) is 3.88. The molecule has 154 valence electrons. The van der Waals surface area contributed by atoms with Gasteiger partial charge >= 0.3 is 5.97 Å². The van der Waals surface area contributed by atoms with Crippen molar-refractivity contribution >= 4 is 22.8 Å². The Bertz CT molecular complexity index is 1190. The van der Waals surface area contributed by atoms with Crippen LogP contribution in [0, 0.1) is 0 Å². The van der Waals surface area contributed by atoms with Crippen molar-refractivity contribution in [3.8, 4) is 5.75 Å². The zero-order chi connectivity index (χ0) is 21.5. The average Bonchev–Trinajstić information content (AvgIpc) is 2.84. The smallest absolute Gasteiger partial charge is 0.337 e. The first kappa shape index (κ1) is 20.4. The van der Waals surface area contributed by atoms with Crippen LogP contribution < -0.4 is 4.74 Å². The second-order valence-corrected chi connectivity index (χ2v) is 7.27. The molecule has 4 aromatic rings. The van der Waals surface area contributed by atoms with E-state index < -0.39 is 0 Å². The van der Waals surface area contributed by atoms with Gasteiger partial charge in [-0.05, 0) is 46.5 Å². The Morgan fingerprint density at radius 3 is 2.32 bits per heavy atom. The minimum absolute atomic E-state index is 0.321. The molecule has 0 aliphatic heterocycles. The molecule has 31 heavy (non-hydrogen) atoms. The van der Waals surface area contributed by atoms with E-state index in [0.29, 0.717) is 12.2 Å². The first-order valence-corrected chi connectivity index (χ1v) is 10.3. The second-order valence-electron chi connectivity index (χ2n) is 7.27. The number of carbonyl (C=O) groups excluding carboxylic acids is 1. The van der Waals surface area contributed by atoms with E-state index in [-0.39, 0.29) is 5.97 Å². The zero-order valence-electron chi connectivity index (χ0n) is 17.5. The number of carbonyl (C=O) groups is 1. The Balaban J connectivity index is 1.56. The van der Waals surface area contributed by atoms with E-state index in [9.17, 15) is 4.79 Å². The van der Waals surface area contributed by atoms with Gasteiger partial charge in [0.1, 0.15) is 12.4 Å². The fraction of sp³-hybridized carbons (Fsp3) is 0.107. The molecule has 0 atom stereocenters. The van der Waals surface area contributed by atoms with E-state index in [2.05, 4.69) is 42.5 Å². The second kappa shape index (κ2) is 9.77. The van der Waals surface area contributed by atoms with Crippen molar-refractivity contribution in [1.82, 2.24) is 0 Å². The Hall–Kier alpha value is -3.85. The van der Waals surface area contributed by atoms with Crippen molar-refractivity contribution in [3.63, 3.8) is 0 Å². The van der Waals surface area contributed by atoms with E-state index in [4.69, 9.17) is 9.47 Å². The lowest BCUT2D eigenvalue weighted by Gasteiger charge is -2.12. The van der Waals surface area contributed by atoms with E-state index in [1.165, 1.54) is 12.5 Å². The summed E-state index contributed by atoms with van der Waals surface area (Å²) >= 11 is 0. The van der Waals surface area contributed by atoms with Gasteiger partial charge in [-0.3, -0.25) is 0 Å². The van der Waals surface area contributed by atoms with Crippen LogP contribution >= 0.6 is 0 Å². The average molecular weight is 408 g/mol. The molecule has 0 saturated carbocycles. The van der Waals surface area contributed by atoms with Crippen molar-refractivity contribution in [3.05, 3.63) is 119 Å². The molecule has 4 rings (SSSR count). The lowest BCUT2D eigenvalue weighted by Crippen LogP contribution is -2.00. The molecule has 0 spiro atoms. The number of fused-ring (bicyclic) bond motifs is 1. The van der Waals surface area contributed by atoms with Crippen LogP contribution in [0.4, 0.5) is 0 Å². The summed E-state index contributed by atoms with van der Waals surface area (Å²) in [5, 5.41) is 2.34. The maximum atomic E-state index is 11.6. The number of esters is 1. The Kier molecular flexibility index (Phi) is 6.44. The highest BCUT2D eigenvalue weighted by molar-refractivity contribution is 5.93.